The fourth-order valence-electron chi connectivity index (χ4n) is 4.04. The zero-order valence-corrected chi connectivity index (χ0v) is 13.7. The van der Waals surface area contributed by atoms with E-state index in [1.54, 1.807) is 6.07 Å². The lowest BCUT2D eigenvalue weighted by molar-refractivity contribution is -0.131. The van der Waals surface area contributed by atoms with Gasteiger partial charge in [-0.15, -0.1) is 0 Å². The molecule has 0 radical (unpaired) electrons. The summed E-state index contributed by atoms with van der Waals surface area (Å²) in [7, 11) is 0. The Bertz CT molecular complexity index is 627. The molecule has 0 aliphatic carbocycles. The standard InChI is InChI=1S/C17H21ClN2O2/c1-3-10(4-2)15-17(8-7-14(21)20-15)12-6-5-11(18)9-13(12)19-16(17)22/h5-6,9-10,15H,3-4,7-8H2,1-2H3,(H,19,22)(H,20,21)/t15?,17-/m1/s1. The second-order valence-electron chi connectivity index (χ2n) is 6.24. The van der Waals surface area contributed by atoms with Crippen molar-refractivity contribution in [2.75, 3.05) is 5.32 Å². The average molecular weight is 321 g/mol. The number of hydrogen-bond acceptors (Lipinski definition) is 2. The van der Waals surface area contributed by atoms with Gasteiger partial charge in [-0.2, -0.15) is 0 Å². The Morgan fingerprint density at radius 2 is 2.05 bits per heavy atom. The summed E-state index contributed by atoms with van der Waals surface area (Å²) >= 11 is 6.05. The molecule has 1 saturated heterocycles. The van der Waals surface area contributed by atoms with Crippen molar-refractivity contribution < 1.29 is 9.59 Å². The van der Waals surface area contributed by atoms with Crippen molar-refractivity contribution in [2.24, 2.45) is 5.92 Å². The Kier molecular flexibility index (Phi) is 3.89. The van der Waals surface area contributed by atoms with Gasteiger partial charge in [-0.05, 0) is 30.0 Å². The Labute approximate surface area is 135 Å². The summed E-state index contributed by atoms with van der Waals surface area (Å²) in [6.45, 7) is 4.22. The Morgan fingerprint density at radius 1 is 1.32 bits per heavy atom. The first-order chi connectivity index (χ1) is 10.5. The molecule has 0 saturated carbocycles. The molecule has 2 aliphatic rings. The highest BCUT2D eigenvalue weighted by Gasteiger charge is 2.56. The van der Waals surface area contributed by atoms with Crippen molar-refractivity contribution in [1.82, 2.24) is 5.32 Å². The third kappa shape index (κ3) is 2.12. The monoisotopic (exact) mass is 320 g/mol. The number of benzene rings is 1. The smallest absolute Gasteiger partial charge is 0.237 e. The van der Waals surface area contributed by atoms with Crippen LogP contribution in [-0.2, 0) is 15.0 Å². The van der Waals surface area contributed by atoms with Crippen LogP contribution in [0.1, 0.15) is 45.1 Å². The number of halogens is 1. The highest BCUT2D eigenvalue weighted by molar-refractivity contribution is 6.31. The van der Waals surface area contributed by atoms with Gasteiger partial charge in [-0.1, -0.05) is 44.4 Å². The van der Waals surface area contributed by atoms with Crippen molar-refractivity contribution in [2.45, 2.75) is 51.0 Å². The van der Waals surface area contributed by atoms with E-state index >= 15 is 0 Å². The van der Waals surface area contributed by atoms with Crippen LogP contribution in [0.25, 0.3) is 0 Å². The van der Waals surface area contributed by atoms with Crippen LogP contribution < -0.4 is 10.6 Å². The van der Waals surface area contributed by atoms with Crippen LogP contribution in [-0.4, -0.2) is 17.9 Å². The third-order valence-electron chi connectivity index (χ3n) is 5.23. The first-order valence-corrected chi connectivity index (χ1v) is 8.31. The summed E-state index contributed by atoms with van der Waals surface area (Å²) in [4.78, 5) is 24.8. The molecule has 0 aromatic heterocycles. The Morgan fingerprint density at radius 3 is 2.73 bits per heavy atom. The van der Waals surface area contributed by atoms with Crippen LogP contribution in [0.15, 0.2) is 18.2 Å². The molecule has 2 heterocycles. The number of nitrogens with one attached hydrogen (secondary N) is 2. The van der Waals surface area contributed by atoms with Crippen LogP contribution in [0.5, 0.6) is 0 Å². The predicted molar refractivity (Wildman–Crippen MR) is 87.0 cm³/mol. The van der Waals surface area contributed by atoms with Gasteiger partial charge in [0, 0.05) is 17.1 Å². The maximum Gasteiger partial charge on any atom is 0.237 e. The molecule has 2 aliphatic heterocycles. The minimum absolute atomic E-state index is 0.0123. The number of carbonyl (C=O) groups excluding carboxylic acids is 2. The number of rotatable bonds is 3. The molecule has 1 aromatic rings. The number of piperidine rings is 1. The number of fused-ring (bicyclic) bond motifs is 2. The average Bonchev–Trinajstić information content (AvgIpc) is 2.76. The molecule has 0 bridgehead atoms. The summed E-state index contributed by atoms with van der Waals surface area (Å²) in [6, 6.07) is 5.39. The zero-order valence-electron chi connectivity index (χ0n) is 12.9. The van der Waals surface area contributed by atoms with Crippen LogP contribution in [0.4, 0.5) is 5.69 Å². The van der Waals surface area contributed by atoms with Crippen molar-refractivity contribution in [3.05, 3.63) is 28.8 Å². The van der Waals surface area contributed by atoms with Gasteiger partial charge in [-0.25, -0.2) is 0 Å². The lowest BCUT2D eigenvalue weighted by Crippen LogP contribution is -2.61. The third-order valence-corrected chi connectivity index (χ3v) is 5.46. The largest absolute Gasteiger partial charge is 0.352 e. The fraction of sp³-hybridized carbons (Fsp3) is 0.529. The highest BCUT2D eigenvalue weighted by atomic mass is 35.5. The number of amides is 2. The molecule has 2 atom stereocenters. The van der Waals surface area contributed by atoms with Crippen LogP contribution in [0, 0.1) is 5.92 Å². The van der Waals surface area contributed by atoms with Gasteiger partial charge in [0.15, 0.2) is 0 Å². The van der Waals surface area contributed by atoms with Crippen LogP contribution in [0.3, 0.4) is 0 Å². The first-order valence-electron chi connectivity index (χ1n) is 7.93. The number of hydrogen-bond donors (Lipinski definition) is 2. The molecule has 5 heteroatoms. The Balaban J connectivity index is 2.13. The molecule has 22 heavy (non-hydrogen) atoms. The molecule has 118 valence electrons. The maximum absolute atomic E-state index is 12.9. The van der Waals surface area contributed by atoms with E-state index in [0.29, 0.717) is 17.9 Å². The van der Waals surface area contributed by atoms with E-state index in [0.717, 1.165) is 24.1 Å². The van der Waals surface area contributed by atoms with Gasteiger partial charge < -0.3 is 10.6 Å². The van der Waals surface area contributed by atoms with E-state index in [9.17, 15) is 9.59 Å². The van der Waals surface area contributed by atoms with E-state index in [4.69, 9.17) is 11.6 Å². The van der Waals surface area contributed by atoms with Crippen molar-refractivity contribution in [3.63, 3.8) is 0 Å². The molecule has 1 fully saturated rings. The van der Waals surface area contributed by atoms with Crippen LogP contribution in [0.2, 0.25) is 5.02 Å². The van der Waals surface area contributed by atoms with E-state index in [2.05, 4.69) is 24.5 Å². The summed E-state index contributed by atoms with van der Waals surface area (Å²) in [5, 5.41) is 6.68. The van der Waals surface area contributed by atoms with Crippen molar-refractivity contribution in [1.29, 1.82) is 0 Å². The second kappa shape index (κ2) is 5.58. The molecule has 2 N–H and O–H groups in total. The van der Waals surface area contributed by atoms with Gasteiger partial charge in [0.2, 0.25) is 11.8 Å². The van der Waals surface area contributed by atoms with Gasteiger partial charge in [0.05, 0.1) is 11.5 Å². The lowest BCUT2D eigenvalue weighted by Gasteiger charge is -2.43. The molecule has 1 unspecified atom stereocenters. The minimum Gasteiger partial charge on any atom is -0.352 e. The summed E-state index contributed by atoms with van der Waals surface area (Å²) in [5.74, 6) is 0.302. The maximum atomic E-state index is 12.9. The molecule has 3 rings (SSSR count). The van der Waals surface area contributed by atoms with Gasteiger partial charge in [0.1, 0.15) is 0 Å². The molecular weight excluding hydrogens is 300 g/mol. The lowest BCUT2D eigenvalue weighted by atomic mass is 9.65. The fourth-order valence-corrected chi connectivity index (χ4v) is 4.21. The first kappa shape index (κ1) is 15.3. The van der Waals surface area contributed by atoms with E-state index < -0.39 is 5.41 Å². The zero-order chi connectivity index (χ0) is 15.9. The SMILES string of the molecule is CCC(CC)C1NC(=O)CC[C@]12C(=O)Nc1cc(Cl)ccc12. The quantitative estimate of drug-likeness (QED) is 0.898. The van der Waals surface area contributed by atoms with Gasteiger partial charge in [0.25, 0.3) is 0 Å². The van der Waals surface area contributed by atoms with E-state index in [1.807, 2.05) is 12.1 Å². The molecular formula is C17H21ClN2O2. The molecule has 4 nitrogen and oxygen atoms in total. The minimum atomic E-state index is -0.662. The van der Waals surface area contributed by atoms with Gasteiger partial charge in [-0.3, -0.25) is 9.59 Å². The predicted octanol–water partition coefficient (Wildman–Crippen LogP) is 3.24. The number of anilines is 1. The summed E-state index contributed by atoms with van der Waals surface area (Å²) in [5.41, 5.74) is 1.09. The Hall–Kier alpha value is -1.55. The van der Waals surface area contributed by atoms with E-state index in [1.165, 1.54) is 0 Å². The summed E-state index contributed by atoms with van der Waals surface area (Å²) in [6.07, 6.45) is 2.80. The molecule has 1 aromatic carbocycles. The van der Waals surface area contributed by atoms with Crippen LogP contribution >= 0.6 is 11.6 Å². The normalized spacial score (nSPS) is 27.0. The van der Waals surface area contributed by atoms with Crippen molar-refractivity contribution >= 4 is 29.1 Å². The second-order valence-corrected chi connectivity index (χ2v) is 6.67. The highest BCUT2D eigenvalue weighted by Crippen LogP contribution is 2.48. The number of carbonyl (C=O) groups is 2. The molecule has 1 spiro atoms. The van der Waals surface area contributed by atoms with E-state index in [-0.39, 0.29) is 23.8 Å². The summed E-state index contributed by atoms with van der Waals surface area (Å²) < 4.78 is 0. The molecule has 2 amide bonds. The topological polar surface area (TPSA) is 58.2 Å². The van der Waals surface area contributed by atoms with Gasteiger partial charge >= 0.3 is 0 Å². The van der Waals surface area contributed by atoms with Crippen molar-refractivity contribution in [3.8, 4) is 0 Å².